The van der Waals surface area contributed by atoms with Crippen LogP contribution in [0.3, 0.4) is 0 Å². The lowest BCUT2D eigenvalue weighted by Gasteiger charge is -2.15. The quantitative estimate of drug-likeness (QED) is 0.0320. The van der Waals surface area contributed by atoms with Crippen LogP contribution in [-0.4, -0.2) is 54.3 Å². The predicted octanol–water partition coefficient (Wildman–Crippen LogP) is 11.7. The Hall–Kier alpha value is -0.990. The molecule has 0 aromatic heterocycles. The van der Waals surface area contributed by atoms with Crippen molar-refractivity contribution in [2.24, 2.45) is 0 Å². The van der Waals surface area contributed by atoms with Crippen LogP contribution in [0.25, 0.3) is 0 Å². The van der Waals surface area contributed by atoms with Crippen molar-refractivity contribution in [3.63, 3.8) is 0 Å². The van der Waals surface area contributed by atoms with E-state index >= 15 is 0 Å². The number of hydrogen-bond donors (Lipinski definition) is 3. The van der Waals surface area contributed by atoms with Gasteiger partial charge in [-0.05, 0) is 12.8 Å². The van der Waals surface area contributed by atoms with Crippen LogP contribution in [-0.2, 0) is 27.9 Å². The second-order valence-corrected chi connectivity index (χ2v) is 16.1. The fraction of sp³-hybridized carbons (Fsp3) is 0.951. The van der Waals surface area contributed by atoms with E-state index in [0.717, 1.165) is 38.5 Å². The third-order valence-corrected chi connectivity index (χ3v) is 10.5. The first-order chi connectivity index (χ1) is 24.8. The smallest absolute Gasteiger partial charge is 0.463 e. The lowest BCUT2D eigenvalue weighted by Crippen LogP contribution is -2.27. The Labute approximate surface area is 314 Å². The molecule has 304 valence electrons. The van der Waals surface area contributed by atoms with E-state index in [-0.39, 0.29) is 32.1 Å². The Morgan fingerprint density at radius 3 is 1.27 bits per heavy atom. The van der Waals surface area contributed by atoms with Crippen LogP contribution < -0.4 is 5.32 Å². The van der Waals surface area contributed by atoms with Crippen molar-refractivity contribution in [1.29, 1.82) is 0 Å². The number of ether oxygens (including phenoxy) is 1. The molecule has 10 heteroatoms. The fourth-order valence-corrected chi connectivity index (χ4v) is 7.02. The van der Waals surface area contributed by atoms with Crippen LogP contribution in [0.2, 0.25) is 0 Å². The molecule has 3 N–H and O–H groups in total. The van der Waals surface area contributed by atoms with E-state index in [1.54, 1.807) is 0 Å². The first kappa shape index (κ1) is 50.0. The zero-order valence-corrected chi connectivity index (χ0v) is 34.2. The number of hydrogen-bond acceptors (Lipinski definition) is 7. The molecule has 0 fully saturated rings. The molecular formula is C41H82NO8P. The molecule has 0 saturated heterocycles. The topological polar surface area (TPSA) is 131 Å². The van der Waals surface area contributed by atoms with Crippen molar-refractivity contribution >= 4 is 19.7 Å². The Morgan fingerprint density at radius 2 is 0.882 bits per heavy atom. The van der Waals surface area contributed by atoms with Gasteiger partial charge in [0.2, 0.25) is 5.91 Å². The summed E-state index contributed by atoms with van der Waals surface area (Å²) in [5.41, 5.74) is 0. The van der Waals surface area contributed by atoms with Crippen LogP contribution in [0, 0.1) is 0 Å². The predicted molar refractivity (Wildman–Crippen MR) is 211 cm³/mol. The number of aliphatic hydroxyl groups excluding tert-OH is 1. The second-order valence-electron chi connectivity index (χ2n) is 14.7. The van der Waals surface area contributed by atoms with E-state index in [1.165, 1.54) is 154 Å². The molecule has 0 heterocycles. The van der Waals surface area contributed by atoms with Gasteiger partial charge >= 0.3 is 13.8 Å². The van der Waals surface area contributed by atoms with E-state index in [1.807, 2.05) is 0 Å². The summed E-state index contributed by atoms with van der Waals surface area (Å²) in [6.45, 7) is 3.56. The monoisotopic (exact) mass is 748 g/mol. The van der Waals surface area contributed by atoms with Crippen LogP contribution in [0.4, 0.5) is 0 Å². The van der Waals surface area contributed by atoms with E-state index < -0.39 is 26.5 Å². The molecule has 2 atom stereocenters. The van der Waals surface area contributed by atoms with Gasteiger partial charge in [-0.3, -0.25) is 18.6 Å². The van der Waals surface area contributed by atoms with Gasteiger partial charge in [0, 0.05) is 19.4 Å². The van der Waals surface area contributed by atoms with E-state index in [4.69, 9.17) is 13.8 Å². The number of amides is 1. The van der Waals surface area contributed by atoms with E-state index in [9.17, 15) is 24.2 Å². The summed E-state index contributed by atoms with van der Waals surface area (Å²) in [4.78, 5) is 33.8. The van der Waals surface area contributed by atoms with Crippen molar-refractivity contribution in [1.82, 2.24) is 5.32 Å². The minimum absolute atomic E-state index is 0.0883. The minimum atomic E-state index is -4.40. The molecule has 0 bridgehead atoms. The molecule has 0 aromatic carbocycles. The molecule has 9 nitrogen and oxygen atoms in total. The summed E-state index contributed by atoms with van der Waals surface area (Å²) in [5.74, 6) is -0.508. The molecular weight excluding hydrogens is 665 g/mol. The van der Waals surface area contributed by atoms with Gasteiger partial charge in [0.1, 0.15) is 12.7 Å². The maximum Gasteiger partial charge on any atom is 0.472 e. The number of carbonyl (C=O) groups excluding carboxylic acids is 2. The lowest BCUT2D eigenvalue weighted by molar-refractivity contribution is -0.147. The number of nitrogens with one attached hydrogen (secondary N) is 1. The average Bonchev–Trinajstić information content (AvgIpc) is 3.11. The zero-order chi connectivity index (χ0) is 37.5. The highest BCUT2D eigenvalue weighted by atomic mass is 31.2. The van der Waals surface area contributed by atoms with Gasteiger partial charge in [0.05, 0.1) is 13.2 Å². The van der Waals surface area contributed by atoms with Crippen molar-refractivity contribution in [2.45, 2.75) is 225 Å². The SMILES string of the molecule is CCCCCCCCCCCCCCCCCCCCCCCC(=O)NCCOP(=O)(O)OCC(O)COC(=O)CCCCCCCCCCC. The fourth-order valence-electron chi connectivity index (χ4n) is 6.26. The summed E-state index contributed by atoms with van der Waals surface area (Å²) in [6.07, 6.45) is 37.6. The summed E-state index contributed by atoms with van der Waals surface area (Å²) in [5, 5.41) is 12.6. The third-order valence-electron chi connectivity index (χ3n) is 9.54. The minimum Gasteiger partial charge on any atom is -0.463 e. The zero-order valence-electron chi connectivity index (χ0n) is 33.3. The molecule has 51 heavy (non-hydrogen) atoms. The molecule has 0 radical (unpaired) electrons. The van der Waals surface area contributed by atoms with Gasteiger partial charge < -0.3 is 20.1 Å². The van der Waals surface area contributed by atoms with Crippen LogP contribution in [0.15, 0.2) is 0 Å². The Kier molecular flexibility index (Phi) is 38.0. The van der Waals surface area contributed by atoms with Crippen molar-refractivity contribution < 1.29 is 37.9 Å². The highest BCUT2D eigenvalue weighted by Gasteiger charge is 2.23. The molecule has 0 aliphatic carbocycles. The van der Waals surface area contributed by atoms with Crippen molar-refractivity contribution in [3.8, 4) is 0 Å². The molecule has 0 aliphatic heterocycles. The van der Waals surface area contributed by atoms with Crippen LogP contribution in [0.5, 0.6) is 0 Å². The number of phosphoric acid groups is 1. The number of aliphatic hydroxyl groups is 1. The highest BCUT2D eigenvalue weighted by Crippen LogP contribution is 2.42. The van der Waals surface area contributed by atoms with Crippen LogP contribution >= 0.6 is 7.82 Å². The first-order valence-corrected chi connectivity index (χ1v) is 23.0. The third kappa shape index (κ3) is 40.0. The number of unbranched alkanes of at least 4 members (excludes halogenated alkanes) is 28. The number of carbonyl (C=O) groups is 2. The van der Waals surface area contributed by atoms with Gasteiger partial charge in [-0.25, -0.2) is 4.57 Å². The van der Waals surface area contributed by atoms with Crippen LogP contribution in [0.1, 0.15) is 219 Å². The molecule has 0 saturated carbocycles. The molecule has 0 aromatic rings. The molecule has 0 rings (SSSR count). The van der Waals surface area contributed by atoms with E-state index in [2.05, 4.69) is 19.2 Å². The lowest BCUT2D eigenvalue weighted by atomic mass is 10.0. The number of phosphoric ester groups is 1. The molecule has 1 amide bonds. The molecule has 2 unspecified atom stereocenters. The van der Waals surface area contributed by atoms with Gasteiger partial charge in [-0.1, -0.05) is 194 Å². The van der Waals surface area contributed by atoms with Gasteiger partial charge in [0.25, 0.3) is 0 Å². The standard InChI is InChI=1S/C41H82NO8P/c1-3-5-7-9-11-13-14-15-16-17-18-19-20-21-22-23-24-26-27-29-31-33-40(44)42-35-36-49-51(46,47)50-38-39(43)37-48-41(45)34-32-30-28-25-12-10-8-6-4-2/h39,43H,3-38H2,1-2H3,(H,42,44)(H,46,47). The highest BCUT2D eigenvalue weighted by molar-refractivity contribution is 7.47. The van der Waals surface area contributed by atoms with Crippen molar-refractivity contribution in [3.05, 3.63) is 0 Å². The van der Waals surface area contributed by atoms with Gasteiger partial charge in [-0.15, -0.1) is 0 Å². The number of esters is 1. The summed E-state index contributed by atoms with van der Waals surface area (Å²) in [7, 11) is -4.40. The molecule has 0 aliphatic rings. The van der Waals surface area contributed by atoms with Crippen molar-refractivity contribution in [2.75, 3.05) is 26.4 Å². The Bertz CT molecular complexity index is 815. The second kappa shape index (κ2) is 38.7. The maximum atomic E-state index is 12.1. The Balaban J connectivity index is 3.51. The summed E-state index contributed by atoms with van der Waals surface area (Å²) in [6, 6.07) is 0. The van der Waals surface area contributed by atoms with Gasteiger partial charge in [0.15, 0.2) is 0 Å². The Morgan fingerprint density at radius 1 is 0.529 bits per heavy atom. The summed E-state index contributed by atoms with van der Waals surface area (Å²) >= 11 is 0. The van der Waals surface area contributed by atoms with Gasteiger partial charge in [-0.2, -0.15) is 0 Å². The maximum absolute atomic E-state index is 12.1. The first-order valence-electron chi connectivity index (χ1n) is 21.5. The molecule has 0 spiro atoms. The largest absolute Gasteiger partial charge is 0.472 e. The van der Waals surface area contributed by atoms with E-state index in [0.29, 0.717) is 6.42 Å². The summed E-state index contributed by atoms with van der Waals surface area (Å²) < 4.78 is 26.8. The normalized spacial score (nSPS) is 13.3. The average molecular weight is 748 g/mol. The number of rotatable bonds is 41.